The van der Waals surface area contributed by atoms with Gasteiger partial charge in [0, 0.05) is 25.7 Å². The molecule has 3 aromatic rings. The van der Waals surface area contributed by atoms with Crippen LogP contribution < -0.4 is 15.4 Å². The molecule has 3 aliphatic rings. The van der Waals surface area contributed by atoms with E-state index >= 15 is 0 Å². The summed E-state index contributed by atoms with van der Waals surface area (Å²) < 4.78 is 19.6. The van der Waals surface area contributed by atoms with Crippen molar-refractivity contribution in [3.63, 3.8) is 0 Å². The predicted octanol–water partition coefficient (Wildman–Crippen LogP) is 7.14. The fourth-order valence-electron chi connectivity index (χ4n) is 6.57. The quantitative estimate of drug-likeness (QED) is 0.290. The van der Waals surface area contributed by atoms with E-state index in [9.17, 15) is 4.79 Å². The van der Waals surface area contributed by atoms with Crippen molar-refractivity contribution in [3.05, 3.63) is 30.1 Å². The van der Waals surface area contributed by atoms with Gasteiger partial charge in [-0.15, -0.1) is 0 Å². The Kier molecular flexibility index (Phi) is 9.11. The van der Waals surface area contributed by atoms with Gasteiger partial charge in [-0.2, -0.15) is 9.97 Å². The van der Waals surface area contributed by atoms with E-state index in [1.165, 1.54) is 24.8 Å². The van der Waals surface area contributed by atoms with Crippen molar-refractivity contribution in [2.45, 2.75) is 109 Å². The number of methoxy groups -OCH3 is 1. The molecule has 2 N–H and O–H groups in total. The summed E-state index contributed by atoms with van der Waals surface area (Å²) in [6, 6.07) is 6.65. The maximum atomic E-state index is 12.5. The largest absolute Gasteiger partial charge is 0.495 e. The molecule has 1 amide bonds. The number of piperidine rings is 1. The maximum Gasteiger partial charge on any atom is 0.410 e. The van der Waals surface area contributed by atoms with Crippen molar-refractivity contribution in [1.82, 2.24) is 24.4 Å². The van der Waals surface area contributed by atoms with Crippen LogP contribution in [0.2, 0.25) is 0 Å². The van der Waals surface area contributed by atoms with Gasteiger partial charge < -0.3 is 29.7 Å². The highest BCUT2D eigenvalue weighted by Crippen LogP contribution is 2.36. The van der Waals surface area contributed by atoms with E-state index in [-0.39, 0.29) is 12.3 Å². The molecular formula is C33H47N7O4. The summed E-state index contributed by atoms with van der Waals surface area (Å²) >= 11 is 0. The molecule has 2 aromatic heterocycles. The second-order valence-electron chi connectivity index (χ2n) is 13.3. The molecule has 1 unspecified atom stereocenters. The molecule has 44 heavy (non-hydrogen) atoms. The van der Waals surface area contributed by atoms with Crippen LogP contribution in [0, 0.1) is 0 Å². The first-order valence-electron chi connectivity index (χ1n) is 16.3. The number of rotatable bonds is 7. The van der Waals surface area contributed by atoms with E-state index in [1.54, 1.807) is 7.11 Å². The molecule has 0 spiro atoms. The Labute approximate surface area is 260 Å². The molecule has 1 saturated carbocycles. The number of hydrogen-bond donors (Lipinski definition) is 2. The highest BCUT2D eigenvalue weighted by molar-refractivity contribution is 5.85. The van der Waals surface area contributed by atoms with Crippen molar-refractivity contribution in [2.24, 2.45) is 0 Å². The summed E-state index contributed by atoms with van der Waals surface area (Å²) in [5.74, 6) is 2.31. The SMILES string of the molecule is COc1cc(C2CCN(C(=O)OC(C)(C)C)CC2)ccc1Nc1nc(NC2CCCCC2)c2ncn(C3CCCCO3)c2n1. The van der Waals surface area contributed by atoms with Crippen molar-refractivity contribution >= 4 is 34.7 Å². The standard InChI is InChI=1S/C33H47N7O4/c1-33(2,3)44-32(41)39-17-15-22(16-18-39)23-13-14-25(26(20-23)42-4)36-31-37-29(35-24-10-6-5-7-11-24)28-30(38-31)40(21-34-28)27-12-8-9-19-43-27/h13-14,20-22,24,27H,5-12,15-19H2,1-4H3,(H2,35,36,37,38). The lowest BCUT2D eigenvalue weighted by Crippen LogP contribution is -2.41. The van der Waals surface area contributed by atoms with Crippen LogP contribution in [0.3, 0.4) is 0 Å². The molecule has 238 valence electrons. The van der Waals surface area contributed by atoms with Crippen molar-refractivity contribution < 1.29 is 19.0 Å². The summed E-state index contributed by atoms with van der Waals surface area (Å²) in [5, 5.41) is 7.14. The van der Waals surface area contributed by atoms with Crippen molar-refractivity contribution in [2.75, 3.05) is 37.4 Å². The number of hydrogen-bond acceptors (Lipinski definition) is 9. The van der Waals surface area contributed by atoms with Crippen LogP contribution in [0.1, 0.15) is 103 Å². The third-order valence-electron chi connectivity index (χ3n) is 8.92. The topological polar surface area (TPSA) is 116 Å². The summed E-state index contributed by atoms with van der Waals surface area (Å²) in [6.07, 6.45) is 12.4. The van der Waals surface area contributed by atoms with Gasteiger partial charge in [-0.05, 0) is 89.3 Å². The smallest absolute Gasteiger partial charge is 0.410 e. The normalized spacial score (nSPS) is 20.5. The van der Waals surface area contributed by atoms with Crippen LogP contribution >= 0.6 is 0 Å². The number of aromatic nitrogens is 4. The maximum absolute atomic E-state index is 12.5. The van der Waals surface area contributed by atoms with Gasteiger partial charge in [0.25, 0.3) is 0 Å². The molecular weight excluding hydrogens is 558 g/mol. The third-order valence-corrected chi connectivity index (χ3v) is 8.92. The summed E-state index contributed by atoms with van der Waals surface area (Å²) in [4.78, 5) is 29.0. The van der Waals surface area contributed by atoms with Gasteiger partial charge in [0.05, 0.1) is 19.1 Å². The summed E-state index contributed by atoms with van der Waals surface area (Å²) in [6.45, 7) is 7.79. The zero-order valence-corrected chi connectivity index (χ0v) is 26.6. The number of anilines is 3. The number of fused-ring (bicyclic) bond motifs is 1. The minimum absolute atomic E-state index is 0.0745. The van der Waals surface area contributed by atoms with E-state index in [0.29, 0.717) is 31.0 Å². The van der Waals surface area contributed by atoms with Crippen molar-refractivity contribution in [3.8, 4) is 5.75 Å². The van der Waals surface area contributed by atoms with E-state index in [0.717, 1.165) is 80.0 Å². The second-order valence-corrected chi connectivity index (χ2v) is 13.3. The van der Waals surface area contributed by atoms with Gasteiger partial charge in [0.1, 0.15) is 17.6 Å². The molecule has 2 aliphatic heterocycles. The lowest BCUT2D eigenvalue weighted by molar-refractivity contribution is -0.0298. The fourth-order valence-corrected chi connectivity index (χ4v) is 6.57. The highest BCUT2D eigenvalue weighted by Gasteiger charge is 2.28. The molecule has 1 aromatic carbocycles. The van der Waals surface area contributed by atoms with Gasteiger partial charge in [0.2, 0.25) is 5.95 Å². The minimum Gasteiger partial charge on any atom is -0.495 e. The number of carbonyl (C=O) groups is 1. The summed E-state index contributed by atoms with van der Waals surface area (Å²) in [7, 11) is 1.69. The van der Waals surface area contributed by atoms with Crippen LogP contribution in [0.5, 0.6) is 5.75 Å². The van der Waals surface area contributed by atoms with Crippen molar-refractivity contribution in [1.29, 1.82) is 0 Å². The number of carbonyl (C=O) groups excluding carboxylic acids is 1. The Morgan fingerprint density at radius 2 is 1.77 bits per heavy atom. The minimum atomic E-state index is -0.492. The van der Waals surface area contributed by atoms with E-state index in [2.05, 4.69) is 27.3 Å². The predicted molar refractivity (Wildman–Crippen MR) is 171 cm³/mol. The van der Waals surface area contributed by atoms with E-state index < -0.39 is 5.60 Å². The number of amides is 1. The Morgan fingerprint density at radius 1 is 1.00 bits per heavy atom. The molecule has 2 saturated heterocycles. The molecule has 4 heterocycles. The number of nitrogens with zero attached hydrogens (tertiary/aromatic N) is 5. The Hall–Kier alpha value is -3.60. The van der Waals surface area contributed by atoms with Gasteiger partial charge in [-0.25, -0.2) is 9.78 Å². The first-order valence-corrected chi connectivity index (χ1v) is 16.3. The zero-order chi connectivity index (χ0) is 30.7. The highest BCUT2D eigenvalue weighted by atomic mass is 16.6. The first kappa shape index (κ1) is 30.4. The second kappa shape index (κ2) is 13.2. The molecule has 11 nitrogen and oxygen atoms in total. The molecule has 1 atom stereocenters. The molecule has 6 rings (SSSR count). The van der Waals surface area contributed by atoms with Gasteiger partial charge in [-0.3, -0.25) is 4.57 Å². The average molecular weight is 606 g/mol. The number of likely N-dealkylation sites (tertiary alicyclic amines) is 1. The monoisotopic (exact) mass is 605 g/mol. The lowest BCUT2D eigenvalue weighted by atomic mass is 9.89. The van der Waals surface area contributed by atoms with Crippen LogP contribution in [-0.2, 0) is 9.47 Å². The van der Waals surface area contributed by atoms with Crippen LogP contribution in [0.15, 0.2) is 24.5 Å². The molecule has 11 heteroatoms. The number of nitrogens with one attached hydrogen (secondary N) is 2. The first-order chi connectivity index (χ1) is 21.3. The molecule has 3 fully saturated rings. The molecule has 0 radical (unpaired) electrons. The fraction of sp³-hybridized carbons (Fsp3) is 0.636. The van der Waals surface area contributed by atoms with Crippen LogP contribution in [0.25, 0.3) is 11.2 Å². The number of imidazole rings is 1. The Bertz CT molecular complexity index is 1430. The van der Waals surface area contributed by atoms with Crippen LogP contribution in [0.4, 0.5) is 22.2 Å². The third kappa shape index (κ3) is 7.03. The van der Waals surface area contributed by atoms with E-state index in [4.69, 9.17) is 29.2 Å². The van der Waals surface area contributed by atoms with Crippen LogP contribution in [-0.4, -0.2) is 69.0 Å². The lowest BCUT2D eigenvalue weighted by Gasteiger charge is -2.33. The number of benzene rings is 1. The molecule has 1 aliphatic carbocycles. The average Bonchev–Trinajstić information content (AvgIpc) is 3.46. The Balaban J connectivity index is 1.22. The van der Waals surface area contributed by atoms with Gasteiger partial charge in [-0.1, -0.05) is 25.3 Å². The number of ether oxygens (including phenoxy) is 3. The zero-order valence-electron chi connectivity index (χ0n) is 26.6. The van der Waals surface area contributed by atoms with Gasteiger partial charge >= 0.3 is 6.09 Å². The molecule has 0 bridgehead atoms. The Morgan fingerprint density at radius 3 is 2.48 bits per heavy atom. The van der Waals surface area contributed by atoms with Gasteiger partial charge in [0.15, 0.2) is 17.0 Å². The summed E-state index contributed by atoms with van der Waals surface area (Å²) in [5.41, 5.74) is 3.04. The van der Waals surface area contributed by atoms with E-state index in [1.807, 2.05) is 38.1 Å².